The lowest BCUT2D eigenvalue weighted by atomic mass is 10.3. The largest absolute Gasteiger partial charge is 0.464 e. The molecule has 0 saturated carbocycles. The molecular formula is C9H6O2. The molecule has 0 amide bonds. The van der Waals surface area contributed by atoms with Crippen LogP contribution in [0.3, 0.4) is 0 Å². The van der Waals surface area contributed by atoms with Crippen molar-refractivity contribution in [2.45, 2.75) is 0 Å². The van der Waals surface area contributed by atoms with Gasteiger partial charge in [0.2, 0.25) is 0 Å². The van der Waals surface area contributed by atoms with Gasteiger partial charge < -0.3 is 4.42 Å². The zero-order valence-corrected chi connectivity index (χ0v) is 5.78. The monoisotopic (exact) mass is 146 g/mol. The van der Waals surface area contributed by atoms with Crippen LogP contribution in [0.1, 0.15) is 10.4 Å². The van der Waals surface area contributed by atoms with Crippen molar-refractivity contribution < 1.29 is 9.21 Å². The molecule has 54 valence electrons. The number of hydrogen-bond donors (Lipinski definition) is 0. The first-order chi connectivity index (χ1) is 5.40. The number of fused-ring (bicyclic) bond motifs is 1. The summed E-state index contributed by atoms with van der Waals surface area (Å²) in [5, 5.41) is 0. The molecule has 0 aromatic rings. The van der Waals surface area contributed by atoms with E-state index in [1.165, 1.54) is 0 Å². The third-order valence-electron chi connectivity index (χ3n) is 1.59. The van der Waals surface area contributed by atoms with Crippen molar-refractivity contribution in [2.75, 3.05) is 0 Å². The van der Waals surface area contributed by atoms with E-state index in [2.05, 4.69) is 0 Å². The molecule has 11 heavy (non-hydrogen) atoms. The fraction of sp³-hybridized carbons (Fsp3) is 0. The first-order valence-corrected chi connectivity index (χ1v) is 3.32. The molecular weight excluding hydrogens is 140 g/mol. The molecule has 0 spiro atoms. The van der Waals surface area contributed by atoms with Crippen LogP contribution in [0.2, 0.25) is 0 Å². The molecule has 0 aromatic heterocycles. The zero-order chi connectivity index (χ0) is 7.68. The topological polar surface area (TPSA) is 30.2 Å². The average Bonchev–Trinajstić information content (AvgIpc) is 2.46. The van der Waals surface area contributed by atoms with Gasteiger partial charge in [-0.2, -0.15) is 0 Å². The summed E-state index contributed by atoms with van der Waals surface area (Å²) < 4.78 is 5.14. The Morgan fingerprint density at radius 2 is 2.27 bits per heavy atom. The standard InChI is InChI=1S/C9H6O2/c10-6-7-4-8-2-1-3-11-9(8)5-7/h1-6H. The van der Waals surface area contributed by atoms with Crippen LogP contribution in [0.15, 0.2) is 34.9 Å². The summed E-state index contributed by atoms with van der Waals surface area (Å²) >= 11 is 0. The lowest BCUT2D eigenvalue weighted by Gasteiger charge is -1.91. The van der Waals surface area contributed by atoms with Gasteiger partial charge in [0.15, 0.2) is 0 Å². The summed E-state index contributed by atoms with van der Waals surface area (Å²) in [5.41, 5.74) is 1.63. The van der Waals surface area contributed by atoms with Gasteiger partial charge in [-0.3, -0.25) is 4.79 Å². The molecule has 2 nitrogen and oxygen atoms in total. The maximum atomic E-state index is 10.3. The van der Waals surface area contributed by atoms with Crippen LogP contribution in [0.4, 0.5) is 0 Å². The second kappa shape index (κ2) is 2.23. The molecule has 0 saturated heterocycles. The van der Waals surface area contributed by atoms with E-state index in [1.807, 2.05) is 6.07 Å². The Balaban J connectivity index is 2.69. The van der Waals surface area contributed by atoms with Gasteiger partial charge in [0, 0.05) is 11.1 Å². The van der Waals surface area contributed by atoms with E-state index in [4.69, 9.17) is 4.42 Å². The summed E-state index contributed by atoms with van der Waals surface area (Å²) in [6.07, 6.45) is 2.41. The Labute approximate surface area is 63.8 Å². The summed E-state index contributed by atoms with van der Waals surface area (Å²) in [5.74, 6) is 0.759. The average molecular weight is 146 g/mol. The van der Waals surface area contributed by atoms with Crippen molar-refractivity contribution in [3.63, 3.8) is 0 Å². The van der Waals surface area contributed by atoms with Crippen LogP contribution in [0, 0.1) is 0 Å². The molecule has 1 aliphatic heterocycles. The highest BCUT2D eigenvalue weighted by Crippen LogP contribution is 2.24. The fourth-order valence-electron chi connectivity index (χ4n) is 1.08. The normalized spacial score (nSPS) is 10.2. The van der Waals surface area contributed by atoms with Crippen molar-refractivity contribution in [3.05, 3.63) is 36.1 Å². The van der Waals surface area contributed by atoms with Crippen LogP contribution in [-0.4, -0.2) is 6.29 Å². The van der Waals surface area contributed by atoms with Crippen molar-refractivity contribution >= 4 is 6.29 Å². The third kappa shape index (κ3) is 0.923. The van der Waals surface area contributed by atoms with E-state index in [0.29, 0.717) is 5.56 Å². The molecule has 0 atom stereocenters. The minimum absolute atomic E-state index is 0.662. The van der Waals surface area contributed by atoms with Crippen LogP contribution in [0.25, 0.3) is 11.3 Å². The number of carbonyl (C=O) groups excluding carboxylic acids is 1. The smallest absolute Gasteiger partial charge is 0.150 e. The van der Waals surface area contributed by atoms with E-state index in [-0.39, 0.29) is 0 Å². The second-order valence-corrected chi connectivity index (χ2v) is 2.34. The Hall–Kier alpha value is -1.57. The van der Waals surface area contributed by atoms with Crippen LogP contribution in [0.5, 0.6) is 0 Å². The minimum atomic E-state index is 0.662. The molecule has 2 heteroatoms. The van der Waals surface area contributed by atoms with Gasteiger partial charge in [0.05, 0.1) is 6.26 Å². The third-order valence-corrected chi connectivity index (χ3v) is 1.59. The van der Waals surface area contributed by atoms with Gasteiger partial charge in [-0.25, -0.2) is 0 Å². The molecule has 0 bridgehead atoms. The lowest BCUT2D eigenvalue weighted by Crippen LogP contribution is -1.67. The Bertz CT molecular complexity index is 319. The first kappa shape index (κ1) is 6.16. The Kier molecular flexibility index (Phi) is 1.25. The van der Waals surface area contributed by atoms with Crippen molar-refractivity contribution in [1.29, 1.82) is 0 Å². The Morgan fingerprint density at radius 1 is 1.36 bits per heavy atom. The minimum Gasteiger partial charge on any atom is -0.464 e. The molecule has 0 radical (unpaired) electrons. The molecule has 2 aliphatic rings. The highest BCUT2D eigenvalue weighted by molar-refractivity contribution is 5.82. The highest BCUT2D eigenvalue weighted by Gasteiger charge is 2.05. The molecule has 2 rings (SSSR count). The van der Waals surface area contributed by atoms with Crippen LogP contribution < -0.4 is 0 Å². The van der Waals surface area contributed by atoms with Gasteiger partial charge in [0.1, 0.15) is 12.0 Å². The van der Waals surface area contributed by atoms with Gasteiger partial charge in [0.25, 0.3) is 0 Å². The van der Waals surface area contributed by atoms with Crippen LogP contribution in [-0.2, 0) is 0 Å². The summed E-state index contributed by atoms with van der Waals surface area (Å²) in [6, 6.07) is 7.23. The summed E-state index contributed by atoms with van der Waals surface area (Å²) in [7, 11) is 0. The summed E-state index contributed by atoms with van der Waals surface area (Å²) in [4.78, 5) is 10.3. The zero-order valence-electron chi connectivity index (χ0n) is 5.78. The number of hydrogen-bond acceptors (Lipinski definition) is 2. The number of rotatable bonds is 1. The van der Waals surface area contributed by atoms with Gasteiger partial charge >= 0.3 is 0 Å². The van der Waals surface area contributed by atoms with Crippen molar-refractivity contribution in [1.82, 2.24) is 0 Å². The van der Waals surface area contributed by atoms with Gasteiger partial charge in [-0.1, -0.05) is 0 Å². The summed E-state index contributed by atoms with van der Waals surface area (Å²) in [6.45, 7) is 0. The van der Waals surface area contributed by atoms with Gasteiger partial charge in [-0.15, -0.1) is 0 Å². The maximum absolute atomic E-state index is 10.3. The number of carbonyl (C=O) groups is 1. The predicted octanol–water partition coefficient (Wildman–Crippen LogP) is 2.20. The van der Waals surface area contributed by atoms with E-state index in [1.54, 1.807) is 24.5 Å². The first-order valence-electron chi connectivity index (χ1n) is 3.32. The highest BCUT2D eigenvalue weighted by atomic mass is 16.3. The maximum Gasteiger partial charge on any atom is 0.150 e. The van der Waals surface area contributed by atoms with E-state index in [9.17, 15) is 4.79 Å². The van der Waals surface area contributed by atoms with Gasteiger partial charge in [-0.05, 0) is 24.3 Å². The van der Waals surface area contributed by atoms with Crippen molar-refractivity contribution in [2.24, 2.45) is 0 Å². The van der Waals surface area contributed by atoms with E-state index in [0.717, 1.165) is 17.6 Å². The second-order valence-electron chi connectivity index (χ2n) is 2.34. The van der Waals surface area contributed by atoms with Crippen LogP contribution >= 0.6 is 0 Å². The number of aldehydes is 1. The molecule has 0 N–H and O–H groups in total. The molecule has 0 unspecified atom stereocenters. The quantitative estimate of drug-likeness (QED) is 0.577. The van der Waals surface area contributed by atoms with E-state index < -0.39 is 0 Å². The molecule has 1 heterocycles. The van der Waals surface area contributed by atoms with E-state index >= 15 is 0 Å². The SMILES string of the molecule is O=Cc1cc2cccoc-2c1. The fourth-order valence-corrected chi connectivity index (χ4v) is 1.08. The Morgan fingerprint density at radius 3 is 3.00 bits per heavy atom. The lowest BCUT2D eigenvalue weighted by molar-refractivity contribution is 0.112. The molecule has 1 aliphatic carbocycles. The van der Waals surface area contributed by atoms with Crippen molar-refractivity contribution in [3.8, 4) is 11.3 Å². The molecule has 0 fully saturated rings. The molecule has 0 aromatic carbocycles. The predicted molar refractivity (Wildman–Crippen MR) is 40.7 cm³/mol.